The summed E-state index contributed by atoms with van der Waals surface area (Å²) in [7, 11) is 0. The van der Waals surface area contributed by atoms with Crippen LogP contribution in [0.4, 0.5) is 11.5 Å². The predicted molar refractivity (Wildman–Crippen MR) is 123 cm³/mol. The van der Waals surface area contributed by atoms with E-state index in [9.17, 15) is 0 Å². The zero-order valence-electron chi connectivity index (χ0n) is 16.9. The number of rotatable bonds is 5. The predicted octanol–water partition coefficient (Wildman–Crippen LogP) is 5.14. The molecule has 2 heterocycles. The van der Waals surface area contributed by atoms with Crippen LogP contribution >= 0.6 is 0 Å². The van der Waals surface area contributed by atoms with Gasteiger partial charge in [-0.3, -0.25) is 0 Å². The molecule has 30 heavy (non-hydrogen) atoms. The number of ether oxygens (including phenoxy) is 1. The van der Waals surface area contributed by atoms with Crippen molar-refractivity contribution >= 4 is 22.4 Å². The fourth-order valence-electron chi connectivity index (χ4n) is 3.97. The van der Waals surface area contributed by atoms with Gasteiger partial charge in [0.2, 0.25) is 0 Å². The first-order valence-electron chi connectivity index (χ1n) is 10.5. The molecule has 1 aromatic heterocycles. The van der Waals surface area contributed by atoms with Crippen LogP contribution in [-0.4, -0.2) is 31.2 Å². The molecular weight excluding hydrogens is 370 g/mol. The van der Waals surface area contributed by atoms with E-state index in [1.165, 1.54) is 5.69 Å². The van der Waals surface area contributed by atoms with E-state index in [1.54, 1.807) is 0 Å². The molecule has 0 unspecified atom stereocenters. The molecule has 4 heteroatoms. The van der Waals surface area contributed by atoms with Gasteiger partial charge in [0.15, 0.2) is 0 Å². The second-order valence-corrected chi connectivity index (χ2v) is 7.58. The molecule has 0 radical (unpaired) electrons. The van der Waals surface area contributed by atoms with Crippen LogP contribution in [0, 0.1) is 0 Å². The Kier molecular flexibility index (Phi) is 5.21. The molecule has 0 atom stereocenters. The van der Waals surface area contributed by atoms with Crippen molar-refractivity contribution in [1.29, 1.82) is 0 Å². The summed E-state index contributed by atoms with van der Waals surface area (Å²) in [5.41, 5.74) is 3.37. The molecule has 4 nitrogen and oxygen atoms in total. The summed E-state index contributed by atoms with van der Waals surface area (Å²) >= 11 is 0. The summed E-state index contributed by atoms with van der Waals surface area (Å²) in [6.45, 7) is 4.45. The lowest BCUT2D eigenvalue weighted by atomic mass is 10.2. The molecule has 5 rings (SSSR count). The fraction of sp³-hybridized carbons (Fsp3) is 0.192. The van der Waals surface area contributed by atoms with Crippen molar-refractivity contribution in [1.82, 2.24) is 4.98 Å². The summed E-state index contributed by atoms with van der Waals surface area (Å²) in [6.07, 6.45) is 0. The normalized spacial score (nSPS) is 14.1. The van der Waals surface area contributed by atoms with E-state index in [2.05, 4.69) is 70.5 Å². The minimum Gasteiger partial charge on any atom is -0.487 e. The van der Waals surface area contributed by atoms with Gasteiger partial charge in [-0.25, -0.2) is 4.98 Å². The van der Waals surface area contributed by atoms with Gasteiger partial charge in [-0.15, -0.1) is 0 Å². The first-order valence-corrected chi connectivity index (χ1v) is 10.5. The Balaban J connectivity index is 1.33. The van der Waals surface area contributed by atoms with Crippen molar-refractivity contribution in [3.05, 3.63) is 96.6 Å². The SMILES string of the molecule is c1ccc(COc2cccc3ccc(N4CCN(c5ccccc5)CC4)nc23)cc1. The number of para-hydroxylation sites is 2. The Labute approximate surface area is 177 Å². The number of aromatic nitrogens is 1. The highest BCUT2D eigenvalue weighted by Gasteiger charge is 2.19. The lowest BCUT2D eigenvalue weighted by Gasteiger charge is -2.36. The van der Waals surface area contributed by atoms with E-state index in [-0.39, 0.29) is 0 Å². The number of fused-ring (bicyclic) bond motifs is 1. The Morgan fingerprint density at radius 2 is 1.37 bits per heavy atom. The summed E-state index contributed by atoms with van der Waals surface area (Å²) in [5, 5.41) is 1.10. The summed E-state index contributed by atoms with van der Waals surface area (Å²) < 4.78 is 6.13. The molecular formula is C26H25N3O. The Morgan fingerprint density at radius 1 is 0.667 bits per heavy atom. The standard InChI is InChI=1S/C26H25N3O/c1-3-8-21(9-4-1)20-30-24-13-7-10-22-14-15-25(27-26(22)24)29-18-16-28(17-19-29)23-11-5-2-6-12-23/h1-15H,16-20H2. The average Bonchev–Trinajstić information content (AvgIpc) is 2.84. The molecule has 3 aromatic carbocycles. The minimum absolute atomic E-state index is 0.543. The van der Waals surface area contributed by atoms with Gasteiger partial charge < -0.3 is 14.5 Å². The molecule has 0 N–H and O–H groups in total. The van der Waals surface area contributed by atoms with Crippen molar-refractivity contribution < 1.29 is 4.74 Å². The van der Waals surface area contributed by atoms with Gasteiger partial charge in [-0.05, 0) is 35.9 Å². The molecule has 0 aliphatic carbocycles. The Morgan fingerprint density at radius 3 is 2.13 bits per heavy atom. The zero-order chi connectivity index (χ0) is 20.2. The molecule has 0 bridgehead atoms. The highest BCUT2D eigenvalue weighted by molar-refractivity contribution is 5.86. The third kappa shape index (κ3) is 3.94. The number of pyridine rings is 1. The lowest BCUT2D eigenvalue weighted by molar-refractivity contribution is 0.309. The summed E-state index contributed by atoms with van der Waals surface area (Å²) in [4.78, 5) is 9.80. The molecule has 0 spiro atoms. The number of hydrogen-bond donors (Lipinski definition) is 0. The van der Waals surface area contributed by atoms with Crippen molar-refractivity contribution in [3.8, 4) is 5.75 Å². The Bertz CT molecular complexity index is 1110. The van der Waals surface area contributed by atoms with Gasteiger partial charge in [0, 0.05) is 37.3 Å². The largest absolute Gasteiger partial charge is 0.487 e. The van der Waals surface area contributed by atoms with Crippen LogP contribution < -0.4 is 14.5 Å². The molecule has 0 amide bonds. The van der Waals surface area contributed by atoms with Crippen molar-refractivity contribution in [2.45, 2.75) is 6.61 Å². The monoisotopic (exact) mass is 395 g/mol. The van der Waals surface area contributed by atoms with E-state index in [1.807, 2.05) is 30.3 Å². The number of benzene rings is 3. The molecule has 4 aromatic rings. The first-order chi connectivity index (χ1) is 14.9. The number of piperazine rings is 1. The van der Waals surface area contributed by atoms with Gasteiger partial charge in [-0.1, -0.05) is 60.7 Å². The van der Waals surface area contributed by atoms with Crippen molar-refractivity contribution in [2.75, 3.05) is 36.0 Å². The quantitative estimate of drug-likeness (QED) is 0.468. The molecule has 1 fully saturated rings. The summed E-state index contributed by atoms with van der Waals surface area (Å²) in [5.74, 6) is 1.85. The summed E-state index contributed by atoms with van der Waals surface area (Å²) in [6, 6.07) is 31.3. The number of anilines is 2. The number of nitrogens with zero attached hydrogens (tertiary/aromatic N) is 3. The zero-order valence-corrected chi connectivity index (χ0v) is 16.9. The lowest BCUT2D eigenvalue weighted by Crippen LogP contribution is -2.46. The van der Waals surface area contributed by atoms with Crippen LogP contribution in [0.5, 0.6) is 5.75 Å². The van der Waals surface area contributed by atoms with E-state index in [0.29, 0.717) is 6.61 Å². The fourth-order valence-corrected chi connectivity index (χ4v) is 3.97. The highest BCUT2D eigenvalue weighted by atomic mass is 16.5. The van der Waals surface area contributed by atoms with Gasteiger partial charge in [0.05, 0.1) is 0 Å². The maximum absolute atomic E-state index is 6.13. The van der Waals surface area contributed by atoms with Crippen molar-refractivity contribution in [2.24, 2.45) is 0 Å². The second kappa shape index (κ2) is 8.46. The Hall–Kier alpha value is -3.53. The third-order valence-corrected chi connectivity index (χ3v) is 5.63. The molecule has 1 saturated heterocycles. The van der Waals surface area contributed by atoms with Crippen molar-refractivity contribution in [3.63, 3.8) is 0 Å². The van der Waals surface area contributed by atoms with Crippen LogP contribution in [0.25, 0.3) is 10.9 Å². The van der Waals surface area contributed by atoms with Crippen LogP contribution in [0.15, 0.2) is 91.0 Å². The third-order valence-electron chi connectivity index (χ3n) is 5.63. The van der Waals surface area contributed by atoms with E-state index in [4.69, 9.17) is 9.72 Å². The van der Waals surface area contributed by atoms with Gasteiger partial charge >= 0.3 is 0 Å². The average molecular weight is 396 g/mol. The maximum Gasteiger partial charge on any atom is 0.146 e. The molecule has 1 aliphatic rings. The number of hydrogen-bond acceptors (Lipinski definition) is 4. The molecule has 150 valence electrons. The minimum atomic E-state index is 0.543. The van der Waals surface area contributed by atoms with Gasteiger partial charge in [0.1, 0.15) is 23.7 Å². The smallest absolute Gasteiger partial charge is 0.146 e. The molecule has 1 aliphatic heterocycles. The van der Waals surface area contributed by atoms with Crippen LogP contribution in [0.3, 0.4) is 0 Å². The van der Waals surface area contributed by atoms with Gasteiger partial charge in [-0.2, -0.15) is 0 Å². The second-order valence-electron chi connectivity index (χ2n) is 7.58. The first kappa shape index (κ1) is 18.5. The van der Waals surface area contributed by atoms with E-state index in [0.717, 1.165) is 54.2 Å². The maximum atomic E-state index is 6.13. The van der Waals surface area contributed by atoms with E-state index < -0.39 is 0 Å². The van der Waals surface area contributed by atoms with E-state index >= 15 is 0 Å². The van der Waals surface area contributed by atoms with Crippen LogP contribution in [0.1, 0.15) is 5.56 Å². The van der Waals surface area contributed by atoms with Crippen LogP contribution in [0.2, 0.25) is 0 Å². The highest BCUT2D eigenvalue weighted by Crippen LogP contribution is 2.28. The van der Waals surface area contributed by atoms with Gasteiger partial charge in [0.25, 0.3) is 0 Å². The topological polar surface area (TPSA) is 28.6 Å². The molecule has 0 saturated carbocycles. The van der Waals surface area contributed by atoms with Crippen LogP contribution in [-0.2, 0) is 6.61 Å².